The predicted octanol–water partition coefficient (Wildman–Crippen LogP) is 7.37. The topological polar surface area (TPSA) is 38.3 Å². The van der Waals surface area contributed by atoms with Crippen LogP contribution in [0.5, 0.6) is 0 Å². The van der Waals surface area contributed by atoms with Gasteiger partial charge in [-0.05, 0) is 30.7 Å². The second-order valence-electron chi connectivity index (χ2n) is 7.59. The smallest absolute Gasteiger partial charge is 0.337 e. The summed E-state index contributed by atoms with van der Waals surface area (Å²) in [6, 6.07) is 7.49. The number of anilines is 1. The number of hydrogen-bond donors (Lipinski definition) is 1. The summed E-state index contributed by atoms with van der Waals surface area (Å²) in [5.41, 5.74) is 1.66. The molecule has 0 atom stereocenters. The highest BCUT2D eigenvalue weighted by molar-refractivity contribution is 5.89. The molecule has 27 heavy (non-hydrogen) atoms. The molecule has 0 heterocycles. The number of rotatable bonds is 17. The standard InChI is InChI=1S/C24H41NO2/c1-3-4-5-6-7-8-9-10-11-12-13-14-15-16-21-25-23-19-17-22(18-20-23)24(26)27-2/h17-20,25H,3-16,21H2,1-2H3. The maximum atomic E-state index is 11.4. The van der Waals surface area contributed by atoms with Crippen LogP contribution < -0.4 is 5.32 Å². The third-order valence-corrected chi connectivity index (χ3v) is 5.17. The average Bonchev–Trinajstić information content (AvgIpc) is 2.70. The third kappa shape index (κ3) is 12.5. The first-order valence-electron chi connectivity index (χ1n) is 11.2. The molecule has 0 aromatic heterocycles. The summed E-state index contributed by atoms with van der Waals surface area (Å²) in [7, 11) is 1.41. The van der Waals surface area contributed by atoms with Crippen molar-refractivity contribution in [3.63, 3.8) is 0 Å². The summed E-state index contributed by atoms with van der Waals surface area (Å²) in [6.07, 6.45) is 19.4. The van der Waals surface area contributed by atoms with E-state index in [1.54, 1.807) is 12.1 Å². The summed E-state index contributed by atoms with van der Waals surface area (Å²) in [5, 5.41) is 3.42. The Morgan fingerprint density at radius 1 is 0.741 bits per heavy atom. The second kappa shape index (κ2) is 16.6. The van der Waals surface area contributed by atoms with Gasteiger partial charge in [0.15, 0.2) is 0 Å². The van der Waals surface area contributed by atoms with Crippen molar-refractivity contribution < 1.29 is 9.53 Å². The van der Waals surface area contributed by atoms with Crippen LogP contribution in [0.3, 0.4) is 0 Å². The first-order chi connectivity index (χ1) is 13.3. The number of methoxy groups -OCH3 is 1. The fraction of sp³-hybridized carbons (Fsp3) is 0.708. The lowest BCUT2D eigenvalue weighted by molar-refractivity contribution is 0.0601. The van der Waals surface area contributed by atoms with E-state index in [4.69, 9.17) is 4.74 Å². The van der Waals surface area contributed by atoms with Crippen LogP contribution in [0.2, 0.25) is 0 Å². The van der Waals surface area contributed by atoms with E-state index in [9.17, 15) is 4.79 Å². The van der Waals surface area contributed by atoms with Crippen LogP contribution in [0.25, 0.3) is 0 Å². The zero-order valence-electron chi connectivity index (χ0n) is 17.7. The number of ether oxygens (including phenoxy) is 1. The Hall–Kier alpha value is -1.51. The van der Waals surface area contributed by atoms with Crippen molar-refractivity contribution in [2.45, 2.75) is 96.8 Å². The monoisotopic (exact) mass is 375 g/mol. The fourth-order valence-electron chi connectivity index (χ4n) is 3.39. The molecule has 154 valence electrons. The molecule has 3 heteroatoms. The lowest BCUT2D eigenvalue weighted by Crippen LogP contribution is -2.03. The Kier molecular flexibility index (Phi) is 14.5. The van der Waals surface area contributed by atoms with Gasteiger partial charge in [0.05, 0.1) is 12.7 Å². The van der Waals surface area contributed by atoms with Crippen molar-refractivity contribution in [1.82, 2.24) is 0 Å². The molecule has 0 aliphatic rings. The highest BCUT2D eigenvalue weighted by Crippen LogP contribution is 2.14. The van der Waals surface area contributed by atoms with Gasteiger partial charge in [0.1, 0.15) is 0 Å². The van der Waals surface area contributed by atoms with Crippen molar-refractivity contribution in [1.29, 1.82) is 0 Å². The molecule has 1 aromatic rings. The van der Waals surface area contributed by atoms with Crippen molar-refractivity contribution in [2.75, 3.05) is 19.0 Å². The van der Waals surface area contributed by atoms with Crippen LogP contribution in [0.1, 0.15) is 107 Å². The maximum absolute atomic E-state index is 11.4. The number of unbranched alkanes of at least 4 members (excludes halogenated alkanes) is 13. The van der Waals surface area contributed by atoms with E-state index in [0.717, 1.165) is 12.2 Å². The maximum Gasteiger partial charge on any atom is 0.337 e. The number of benzene rings is 1. The van der Waals surface area contributed by atoms with Gasteiger partial charge in [-0.1, -0.05) is 90.4 Å². The van der Waals surface area contributed by atoms with Crippen LogP contribution in [0.15, 0.2) is 24.3 Å². The number of carbonyl (C=O) groups excluding carboxylic acids is 1. The summed E-state index contributed by atoms with van der Waals surface area (Å²) < 4.78 is 4.71. The van der Waals surface area contributed by atoms with E-state index >= 15 is 0 Å². The summed E-state index contributed by atoms with van der Waals surface area (Å²) in [6.45, 7) is 3.28. The van der Waals surface area contributed by atoms with Gasteiger partial charge in [-0.3, -0.25) is 0 Å². The van der Waals surface area contributed by atoms with Crippen molar-refractivity contribution in [2.24, 2.45) is 0 Å². The Bertz CT molecular complexity index is 470. The minimum absolute atomic E-state index is 0.284. The van der Waals surface area contributed by atoms with Gasteiger partial charge in [0.25, 0.3) is 0 Å². The van der Waals surface area contributed by atoms with Gasteiger partial charge in [0.2, 0.25) is 0 Å². The van der Waals surface area contributed by atoms with Crippen molar-refractivity contribution >= 4 is 11.7 Å². The molecule has 0 aliphatic carbocycles. The fourth-order valence-corrected chi connectivity index (χ4v) is 3.39. The van der Waals surface area contributed by atoms with E-state index in [-0.39, 0.29) is 5.97 Å². The molecule has 0 saturated carbocycles. The quantitative estimate of drug-likeness (QED) is 0.228. The van der Waals surface area contributed by atoms with Crippen LogP contribution in [0.4, 0.5) is 5.69 Å². The highest BCUT2D eigenvalue weighted by atomic mass is 16.5. The zero-order valence-corrected chi connectivity index (χ0v) is 17.7. The lowest BCUT2D eigenvalue weighted by atomic mass is 10.0. The van der Waals surface area contributed by atoms with Crippen LogP contribution in [-0.2, 0) is 4.74 Å². The Morgan fingerprint density at radius 3 is 1.63 bits per heavy atom. The van der Waals surface area contributed by atoms with Gasteiger partial charge in [0, 0.05) is 12.2 Å². The summed E-state index contributed by atoms with van der Waals surface area (Å²) in [5.74, 6) is -0.284. The van der Waals surface area contributed by atoms with Crippen LogP contribution in [-0.4, -0.2) is 19.6 Å². The Labute approximate surface area is 167 Å². The zero-order chi connectivity index (χ0) is 19.6. The summed E-state index contributed by atoms with van der Waals surface area (Å²) >= 11 is 0. The van der Waals surface area contributed by atoms with E-state index in [0.29, 0.717) is 5.56 Å². The minimum Gasteiger partial charge on any atom is -0.465 e. The molecule has 0 fully saturated rings. The van der Waals surface area contributed by atoms with E-state index in [1.807, 2.05) is 12.1 Å². The van der Waals surface area contributed by atoms with Crippen molar-refractivity contribution in [3.8, 4) is 0 Å². The third-order valence-electron chi connectivity index (χ3n) is 5.17. The van der Waals surface area contributed by atoms with E-state index < -0.39 is 0 Å². The lowest BCUT2D eigenvalue weighted by Gasteiger charge is -2.07. The largest absolute Gasteiger partial charge is 0.465 e. The summed E-state index contributed by atoms with van der Waals surface area (Å²) in [4.78, 5) is 11.4. The van der Waals surface area contributed by atoms with Gasteiger partial charge < -0.3 is 10.1 Å². The van der Waals surface area contributed by atoms with Crippen molar-refractivity contribution in [3.05, 3.63) is 29.8 Å². The van der Waals surface area contributed by atoms with Gasteiger partial charge >= 0.3 is 5.97 Å². The molecule has 1 rings (SSSR count). The number of hydrogen-bond acceptors (Lipinski definition) is 3. The molecule has 1 N–H and O–H groups in total. The molecule has 0 amide bonds. The van der Waals surface area contributed by atoms with Gasteiger partial charge in [-0.2, -0.15) is 0 Å². The minimum atomic E-state index is -0.284. The first kappa shape index (κ1) is 23.5. The molecule has 0 bridgehead atoms. The molecule has 1 aromatic carbocycles. The first-order valence-corrected chi connectivity index (χ1v) is 11.2. The molecular formula is C24H41NO2. The molecule has 0 aliphatic heterocycles. The molecule has 0 unspecified atom stereocenters. The number of esters is 1. The predicted molar refractivity (Wildman–Crippen MR) is 117 cm³/mol. The van der Waals surface area contributed by atoms with Crippen LogP contribution in [0, 0.1) is 0 Å². The van der Waals surface area contributed by atoms with Crippen LogP contribution >= 0.6 is 0 Å². The number of carbonyl (C=O) groups is 1. The highest BCUT2D eigenvalue weighted by Gasteiger charge is 2.03. The molecular weight excluding hydrogens is 334 g/mol. The molecule has 3 nitrogen and oxygen atoms in total. The molecule has 0 radical (unpaired) electrons. The SMILES string of the molecule is CCCCCCCCCCCCCCCCNc1ccc(C(=O)OC)cc1. The molecule has 0 saturated heterocycles. The molecule has 0 spiro atoms. The Morgan fingerprint density at radius 2 is 1.19 bits per heavy atom. The van der Waals surface area contributed by atoms with E-state index in [1.165, 1.54) is 97.0 Å². The Balaban J connectivity index is 1.86. The van der Waals surface area contributed by atoms with Gasteiger partial charge in [-0.15, -0.1) is 0 Å². The average molecular weight is 376 g/mol. The van der Waals surface area contributed by atoms with E-state index in [2.05, 4.69) is 12.2 Å². The van der Waals surface area contributed by atoms with Gasteiger partial charge in [-0.25, -0.2) is 4.79 Å². The normalized spacial score (nSPS) is 10.7. The number of nitrogens with one attached hydrogen (secondary N) is 1. The second-order valence-corrected chi connectivity index (χ2v) is 7.59.